The summed E-state index contributed by atoms with van der Waals surface area (Å²) in [5.74, 6) is -2.38. The van der Waals surface area contributed by atoms with Crippen LogP contribution < -0.4 is 10.9 Å². The molecule has 0 aliphatic heterocycles. The molecule has 2 aromatic carbocycles. The molecule has 33 heavy (non-hydrogen) atoms. The number of para-hydroxylation sites is 1. The van der Waals surface area contributed by atoms with Crippen LogP contribution in [0.25, 0.3) is 28.0 Å². The van der Waals surface area contributed by atoms with Gasteiger partial charge in [-0.05, 0) is 54.1 Å². The zero-order valence-electron chi connectivity index (χ0n) is 16.8. The van der Waals surface area contributed by atoms with Gasteiger partial charge in [-0.15, -0.1) is 5.10 Å². The monoisotopic (exact) mass is 450 g/mol. The molecule has 9 nitrogen and oxygen atoms in total. The molecule has 0 aliphatic rings. The fourth-order valence-electron chi connectivity index (χ4n) is 3.50. The number of benzene rings is 2. The predicted octanol–water partition coefficient (Wildman–Crippen LogP) is 3.43. The number of nitrogens with one attached hydrogen (secondary N) is 2. The van der Waals surface area contributed by atoms with Gasteiger partial charge in [0, 0.05) is 17.0 Å². The van der Waals surface area contributed by atoms with Gasteiger partial charge in [-0.2, -0.15) is 10.2 Å². The van der Waals surface area contributed by atoms with Crippen molar-refractivity contribution in [2.45, 2.75) is 6.92 Å². The standard InChI is InChI=1S/C21H13F3N8O/c1-10-9-11(22)5-6-12(10)17-13-7-8-16(33)32(18-14(23)3-2-4-15(18)24)19(13)26-20(25-17)27-21-28-30-31-29-21/h2-9H,1H3,(H2,25,26,27,28,29,30,31). The Hall–Kier alpha value is -4.61. The third-order valence-corrected chi connectivity index (χ3v) is 4.92. The summed E-state index contributed by atoms with van der Waals surface area (Å²) in [4.78, 5) is 21.6. The number of fused-ring (bicyclic) bond motifs is 1. The molecule has 5 aromatic rings. The number of aromatic nitrogens is 7. The highest BCUT2D eigenvalue weighted by molar-refractivity contribution is 5.93. The average molecular weight is 450 g/mol. The number of tetrazole rings is 1. The topological polar surface area (TPSA) is 114 Å². The normalized spacial score (nSPS) is 11.2. The number of anilines is 2. The van der Waals surface area contributed by atoms with Crippen LogP contribution in [0, 0.1) is 24.4 Å². The highest BCUT2D eigenvalue weighted by atomic mass is 19.1. The molecule has 5 rings (SSSR count). The van der Waals surface area contributed by atoms with Gasteiger partial charge in [-0.3, -0.25) is 14.7 Å². The molecule has 0 fully saturated rings. The molecule has 0 bridgehead atoms. The Balaban J connectivity index is 1.88. The van der Waals surface area contributed by atoms with Crippen LogP contribution in [-0.4, -0.2) is 35.2 Å². The summed E-state index contributed by atoms with van der Waals surface area (Å²) >= 11 is 0. The van der Waals surface area contributed by atoms with Crippen molar-refractivity contribution in [3.63, 3.8) is 0 Å². The van der Waals surface area contributed by atoms with E-state index in [0.29, 0.717) is 22.2 Å². The van der Waals surface area contributed by atoms with Crippen LogP contribution in [0.2, 0.25) is 0 Å². The molecule has 0 saturated heterocycles. The largest absolute Gasteiger partial charge is 0.290 e. The van der Waals surface area contributed by atoms with E-state index in [2.05, 4.69) is 35.9 Å². The number of pyridine rings is 1. The van der Waals surface area contributed by atoms with E-state index >= 15 is 0 Å². The zero-order chi connectivity index (χ0) is 23.1. The van der Waals surface area contributed by atoms with Crippen molar-refractivity contribution in [3.05, 3.63) is 81.9 Å². The van der Waals surface area contributed by atoms with Crippen molar-refractivity contribution >= 4 is 22.9 Å². The van der Waals surface area contributed by atoms with Gasteiger partial charge in [0.2, 0.25) is 5.95 Å². The number of hydrogen-bond acceptors (Lipinski definition) is 7. The Labute approximate surface area is 182 Å². The summed E-state index contributed by atoms with van der Waals surface area (Å²) in [6.45, 7) is 1.69. The lowest BCUT2D eigenvalue weighted by atomic mass is 10.0. The lowest BCUT2D eigenvalue weighted by Crippen LogP contribution is -2.21. The Morgan fingerprint density at radius 3 is 2.45 bits per heavy atom. The van der Waals surface area contributed by atoms with Crippen LogP contribution in [-0.2, 0) is 0 Å². The number of aromatic amines is 1. The number of rotatable bonds is 4. The number of aryl methyl sites for hydroxylation is 1. The summed E-state index contributed by atoms with van der Waals surface area (Å²) < 4.78 is 43.9. The summed E-state index contributed by atoms with van der Waals surface area (Å²) in [5.41, 5.74) is 0.00582. The average Bonchev–Trinajstić information content (AvgIpc) is 3.28. The highest BCUT2D eigenvalue weighted by Gasteiger charge is 2.20. The molecule has 3 heterocycles. The maximum absolute atomic E-state index is 14.6. The lowest BCUT2D eigenvalue weighted by molar-refractivity contribution is 0.568. The van der Waals surface area contributed by atoms with Crippen molar-refractivity contribution < 1.29 is 13.2 Å². The second kappa shape index (κ2) is 7.82. The summed E-state index contributed by atoms with van der Waals surface area (Å²) in [6, 6.07) is 9.97. The predicted molar refractivity (Wildman–Crippen MR) is 113 cm³/mol. The third kappa shape index (κ3) is 3.56. The van der Waals surface area contributed by atoms with E-state index in [1.807, 2.05) is 0 Å². The maximum Gasteiger partial charge on any atom is 0.269 e. The van der Waals surface area contributed by atoms with E-state index < -0.39 is 28.7 Å². The first-order valence-electron chi connectivity index (χ1n) is 9.57. The van der Waals surface area contributed by atoms with Gasteiger partial charge < -0.3 is 0 Å². The summed E-state index contributed by atoms with van der Waals surface area (Å²) in [7, 11) is 0. The van der Waals surface area contributed by atoms with E-state index in [1.54, 1.807) is 6.92 Å². The molecule has 2 N–H and O–H groups in total. The van der Waals surface area contributed by atoms with Gasteiger partial charge in [0.05, 0.1) is 5.69 Å². The van der Waals surface area contributed by atoms with Gasteiger partial charge in [0.25, 0.3) is 11.5 Å². The smallest absolute Gasteiger partial charge is 0.269 e. The van der Waals surface area contributed by atoms with Crippen LogP contribution >= 0.6 is 0 Å². The first-order valence-corrected chi connectivity index (χ1v) is 9.57. The Morgan fingerprint density at radius 2 is 1.76 bits per heavy atom. The van der Waals surface area contributed by atoms with Crippen LogP contribution in [0.4, 0.5) is 25.1 Å². The quantitative estimate of drug-likeness (QED) is 0.431. The first-order chi connectivity index (χ1) is 15.9. The van der Waals surface area contributed by atoms with E-state index in [0.717, 1.165) is 22.8 Å². The molecule has 12 heteroatoms. The SMILES string of the molecule is Cc1cc(F)ccc1-c1nc(Nc2nn[nH]n2)nc2c1ccc(=O)n2-c1c(F)cccc1F. The van der Waals surface area contributed by atoms with E-state index in [1.165, 1.54) is 30.3 Å². The number of halogens is 3. The number of hydrogen-bond donors (Lipinski definition) is 2. The minimum Gasteiger partial charge on any atom is -0.290 e. The minimum atomic E-state index is -0.949. The van der Waals surface area contributed by atoms with Gasteiger partial charge >= 0.3 is 0 Å². The molecule has 0 radical (unpaired) electrons. The molecule has 0 aliphatic carbocycles. The summed E-state index contributed by atoms with van der Waals surface area (Å²) in [5, 5.41) is 16.3. The molecule has 0 atom stereocenters. The van der Waals surface area contributed by atoms with Gasteiger partial charge in [-0.25, -0.2) is 18.2 Å². The van der Waals surface area contributed by atoms with E-state index in [4.69, 9.17) is 0 Å². The molecular weight excluding hydrogens is 437 g/mol. The molecule has 164 valence electrons. The minimum absolute atomic E-state index is 0.0260. The van der Waals surface area contributed by atoms with E-state index in [-0.39, 0.29) is 17.5 Å². The van der Waals surface area contributed by atoms with Crippen LogP contribution in [0.15, 0.2) is 53.3 Å². The number of nitrogens with zero attached hydrogens (tertiary/aromatic N) is 6. The van der Waals surface area contributed by atoms with Crippen LogP contribution in [0.5, 0.6) is 0 Å². The first kappa shape index (κ1) is 20.3. The molecule has 0 amide bonds. The lowest BCUT2D eigenvalue weighted by Gasteiger charge is -2.15. The van der Waals surface area contributed by atoms with Crippen molar-refractivity contribution in [2.24, 2.45) is 0 Å². The van der Waals surface area contributed by atoms with Crippen molar-refractivity contribution in [2.75, 3.05) is 5.32 Å². The number of H-pyrrole nitrogens is 1. The molecule has 0 saturated carbocycles. The van der Waals surface area contributed by atoms with Gasteiger partial charge in [0.15, 0.2) is 5.65 Å². The fourth-order valence-corrected chi connectivity index (χ4v) is 3.50. The Bertz CT molecular complexity index is 1550. The molecule has 3 aromatic heterocycles. The fraction of sp³-hybridized carbons (Fsp3) is 0.0476. The Kier molecular flexibility index (Phi) is 4.81. The Morgan fingerprint density at radius 1 is 0.970 bits per heavy atom. The summed E-state index contributed by atoms with van der Waals surface area (Å²) in [6.07, 6.45) is 0. The second-order valence-electron chi connectivity index (χ2n) is 7.03. The van der Waals surface area contributed by atoms with Crippen LogP contribution in [0.1, 0.15) is 5.56 Å². The second-order valence-corrected chi connectivity index (χ2v) is 7.03. The molecule has 0 unspecified atom stereocenters. The van der Waals surface area contributed by atoms with Crippen LogP contribution in [0.3, 0.4) is 0 Å². The third-order valence-electron chi connectivity index (χ3n) is 4.92. The van der Waals surface area contributed by atoms with E-state index in [9.17, 15) is 18.0 Å². The van der Waals surface area contributed by atoms with Crippen molar-refractivity contribution in [1.29, 1.82) is 0 Å². The van der Waals surface area contributed by atoms with Crippen molar-refractivity contribution in [3.8, 4) is 16.9 Å². The highest BCUT2D eigenvalue weighted by Crippen LogP contribution is 2.31. The van der Waals surface area contributed by atoms with Gasteiger partial charge in [-0.1, -0.05) is 11.2 Å². The zero-order valence-corrected chi connectivity index (χ0v) is 16.8. The molecular formula is C21H13F3N8O. The maximum atomic E-state index is 14.6. The molecule has 0 spiro atoms. The van der Waals surface area contributed by atoms with Crippen molar-refractivity contribution in [1.82, 2.24) is 35.2 Å². The van der Waals surface area contributed by atoms with Gasteiger partial charge in [0.1, 0.15) is 23.1 Å².